The van der Waals surface area contributed by atoms with Crippen LogP contribution in [0.25, 0.3) is 0 Å². The van der Waals surface area contributed by atoms with E-state index in [2.05, 4.69) is 35.4 Å². The molecular formula is C20H33N3O. The van der Waals surface area contributed by atoms with Crippen molar-refractivity contribution in [2.75, 3.05) is 33.2 Å². The standard InChI is InChI=1S/C20H33N3O/c1-16(2)14-22-20(24)19-6-4-5-18(13-19)15-23-11-8-17(9-12-23)7-10-21-3/h4-6,13,16-17,21H,7-12,14-15H2,1-3H3,(H,22,24). The Morgan fingerprint density at radius 1 is 1.29 bits per heavy atom. The van der Waals surface area contributed by atoms with Crippen molar-refractivity contribution in [3.8, 4) is 0 Å². The van der Waals surface area contributed by atoms with E-state index in [0.29, 0.717) is 5.92 Å². The number of hydrogen-bond donors (Lipinski definition) is 2. The summed E-state index contributed by atoms with van der Waals surface area (Å²) < 4.78 is 0. The molecule has 1 aromatic rings. The first-order valence-electron chi connectivity index (χ1n) is 9.32. The van der Waals surface area contributed by atoms with Crippen LogP contribution in [-0.2, 0) is 6.54 Å². The quantitative estimate of drug-likeness (QED) is 0.770. The van der Waals surface area contributed by atoms with Gasteiger partial charge in [-0.1, -0.05) is 26.0 Å². The SMILES string of the molecule is CNCCC1CCN(Cc2cccc(C(=O)NCC(C)C)c2)CC1. The maximum absolute atomic E-state index is 12.2. The fourth-order valence-electron chi connectivity index (χ4n) is 3.25. The number of likely N-dealkylation sites (tertiary alicyclic amines) is 1. The number of hydrogen-bond acceptors (Lipinski definition) is 3. The Labute approximate surface area is 147 Å². The van der Waals surface area contributed by atoms with Gasteiger partial charge in [0.25, 0.3) is 5.91 Å². The van der Waals surface area contributed by atoms with Gasteiger partial charge in [0.1, 0.15) is 0 Å². The highest BCUT2D eigenvalue weighted by Gasteiger charge is 2.19. The summed E-state index contributed by atoms with van der Waals surface area (Å²) in [5.74, 6) is 1.37. The average Bonchev–Trinajstić information content (AvgIpc) is 2.59. The van der Waals surface area contributed by atoms with Crippen LogP contribution in [0.5, 0.6) is 0 Å². The van der Waals surface area contributed by atoms with Gasteiger partial charge in [0, 0.05) is 18.7 Å². The van der Waals surface area contributed by atoms with Crippen LogP contribution >= 0.6 is 0 Å². The van der Waals surface area contributed by atoms with E-state index in [9.17, 15) is 4.79 Å². The highest BCUT2D eigenvalue weighted by atomic mass is 16.1. The molecule has 0 aromatic heterocycles. The third kappa shape index (κ3) is 6.25. The van der Waals surface area contributed by atoms with Crippen molar-refractivity contribution in [2.45, 2.75) is 39.7 Å². The number of amides is 1. The van der Waals surface area contributed by atoms with E-state index in [-0.39, 0.29) is 5.91 Å². The van der Waals surface area contributed by atoms with E-state index in [1.807, 2.05) is 25.2 Å². The minimum absolute atomic E-state index is 0.0383. The first kappa shape index (κ1) is 18.9. The Morgan fingerprint density at radius 2 is 2.04 bits per heavy atom. The van der Waals surface area contributed by atoms with Crippen LogP contribution in [0.4, 0.5) is 0 Å². The fourth-order valence-corrected chi connectivity index (χ4v) is 3.25. The number of piperidine rings is 1. The molecule has 0 bridgehead atoms. The molecule has 1 fully saturated rings. The van der Waals surface area contributed by atoms with E-state index in [1.165, 1.54) is 24.8 Å². The third-order valence-electron chi connectivity index (χ3n) is 4.78. The van der Waals surface area contributed by atoms with Gasteiger partial charge < -0.3 is 10.6 Å². The summed E-state index contributed by atoms with van der Waals surface area (Å²) >= 11 is 0. The minimum atomic E-state index is 0.0383. The highest BCUT2D eigenvalue weighted by molar-refractivity contribution is 5.94. The molecule has 1 amide bonds. The molecule has 0 atom stereocenters. The van der Waals surface area contributed by atoms with E-state index >= 15 is 0 Å². The summed E-state index contributed by atoms with van der Waals surface area (Å²) in [4.78, 5) is 14.7. The maximum atomic E-state index is 12.2. The molecule has 24 heavy (non-hydrogen) atoms. The zero-order valence-corrected chi connectivity index (χ0v) is 15.5. The van der Waals surface area contributed by atoms with Crippen LogP contribution in [-0.4, -0.2) is 44.0 Å². The van der Waals surface area contributed by atoms with Crippen molar-refractivity contribution in [2.24, 2.45) is 11.8 Å². The number of rotatable bonds is 8. The zero-order chi connectivity index (χ0) is 17.4. The van der Waals surface area contributed by atoms with Gasteiger partial charge in [-0.25, -0.2) is 0 Å². The summed E-state index contributed by atoms with van der Waals surface area (Å²) in [6, 6.07) is 8.08. The number of benzene rings is 1. The van der Waals surface area contributed by atoms with Crippen LogP contribution in [0.15, 0.2) is 24.3 Å². The Balaban J connectivity index is 1.83. The monoisotopic (exact) mass is 331 g/mol. The Kier molecular flexibility index (Phi) is 7.73. The molecule has 1 heterocycles. The first-order chi connectivity index (χ1) is 11.6. The lowest BCUT2D eigenvalue weighted by Gasteiger charge is -2.32. The van der Waals surface area contributed by atoms with Crippen LogP contribution in [0, 0.1) is 11.8 Å². The van der Waals surface area contributed by atoms with E-state index in [0.717, 1.165) is 44.2 Å². The summed E-state index contributed by atoms with van der Waals surface area (Å²) in [5.41, 5.74) is 2.01. The van der Waals surface area contributed by atoms with E-state index in [1.54, 1.807) is 0 Å². The lowest BCUT2D eigenvalue weighted by Crippen LogP contribution is -2.34. The van der Waals surface area contributed by atoms with Gasteiger partial charge in [-0.15, -0.1) is 0 Å². The molecule has 1 saturated heterocycles. The number of carbonyl (C=O) groups is 1. The normalized spacial score (nSPS) is 16.5. The summed E-state index contributed by atoms with van der Waals surface area (Å²) in [6.07, 6.45) is 3.86. The van der Waals surface area contributed by atoms with Crippen molar-refractivity contribution in [3.63, 3.8) is 0 Å². The van der Waals surface area contributed by atoms with Crippen LogP contribution in [0.3, 0.4) is 0 Å². The second kappa shape index (κ2) is 9.80. The van der Waals surface area contributed by atoms with Crippen LogP contribution < -0.4 is 10.6 Å². The molecule has 1 aliphatic rings. The molecule has 2 rings (SSSR count). The van der Waals surface area contributed by atoms with E-state index in [4.69, 9.17) is 0 Å². The molecule has 4 nitrogen and oxygen atoms in total. The number of carbonyl (C=O) groups excluding carboxylic acids is 1. The van der Waals surface area contributed by atoms with Gasteiger partial charge in [-0.3, -0.25) is 9.69 Å². The number of nitrogens with one attached hydrogen (secondary N) is 2. The Morgan fingerprint density at radius 3 is 2.71 bits per heavy atom. The minimum Gasteiger partial charge on any atom is -0.352 e. The topological polar surface area (TPSA) is 44.4 Å². The van der Waals surface area contributed by atoms with Crippen LogP contribution in [0.2, 0.25) is 0 Å². The second-order valence-corrected chi connectivity index (χ2v) is 7.42. The summed E-state index contributed by atoms with van der Waals surface area (Å²) in [6.45, 7) is 9.34. The molecule has 0 aliphatic carbocycles. The molecule has 0 saturated carbocycles. The van der Waals surface area contributed by atoms with Crippen LogP contribution in [0.1, 0.15) is 49.0 Å². The van der Waals surface area contributed by atoms with Gasteiger partial charge in [-0.05, 0) is 75.5 Å². The molecule has 0 spiro atoms. The molecule has 1 aliphatic heterocycles. The Bertz CT molecular complexity index is 507. The zero-order valence-electron chi connectivity index (χ0n) is 15.5. The molecule has 0 unspecified atom stereocenters. The number of nitrogens with zero attached hydrogens (tertiary/aromatic N) is 1. The van der Waals surface area contributed by atoms with Gasteiger partial charge in [0.05, 0.1) is 0 Å². The van der Waals surface area contributed by atoms with Crippen molar-refractivity contribution >= 4 is 5.91 Å². The third-order valence-corrected chi connectivity index (χ3v) is 4.78. The van der Waals surface area contributed by atoms with Crippen molar-refractivity contribution in [3.05, 3.63) is 35.4 Å². The molecule has 134 valence electrons. The predicted molar refractivity (Wildman–Crippen MR) is 100 cm³/mol. The fraction of sp³-hybridized carbons (Fsp3) is 0.650. The molecule has 1 aromatic carbocycles. The van der Waals surface area contributed by atoms with Gasteiger partial charge in [0.15, 0.2) is 0 Å². The lowest BCUT2D eigenvalue weighted by molar-refractivity contribution is 0.0948. The largest absolute Gasteiger partial charge is 0.352 e. The van der Waals surface area contributed by atoms with E-state index < -0.39 is 0 Å². The van der Waals surface area contributed by atoms with Crippen molar-refractivity contribution < 1.29 is 4.79 Å². The molecule has 2 N–H and O–H groups in total. The van der Waals surface area contributed by atoms with Crippen molar-refractivity contribution in [1.29, 1.82) is 0 Å². The van der Waals surface area contributed by atoms with Gasteiger partial charge in [0.2, 0.25) is 0 Å². The predicted octanol–water partition coefficient (Wildman–Crippen LogP) is 2.89. The summed E-state index contributed by atoms with van der Waals surface area (Å²) in [5, 5.41) is 6.24. The lowest BCUT2D eigenvalue weighted by atomic mass is 9.93. The summed E-state index contributed by atoms with van der Waals surface area (Å²) in [7, 11) is 2.03. The molecule has 0 radical (unpaired) electrons. The Hall–Kier alpha value is -1.39. The highest BCUT2D eigenvalue weighted by Crippen LogP contribution is 2.21. The molecular weight excluding hydrogens is 298 g/mol. The van der Waals surface area contributed by atoms with Gasteiger partial charge >= 0.3 is 0 Å². The van der Waals surface area contributed by atoms with Crippen molar-refractivity contribution in [1.82, 2.24) is 15.5 Å². The second-order valence-electron chi connectivity index (χ2n) is 7.42. The maximum Gasteiger partial charge on any atom is 0.251 e. The first-order valence-corrected chi connectivity index (χ1v) is 9.32. The average molecular weight is 332 g/mol. The molecule has 4 heteroatoms. The smallest absolute Gasteiger partial charge is 0.251 e. The van der Waals surface area contributed by atoms with Gasteiger partial charge in [-0.2, -0.15) is 0 Å².